The summed E-state index contributed by atoms with van der Waals surface area (Å²) in [5.74, 6) is 0. The van der Waals surface area contributed by atoms with Gasteiger partial charge in [0.2, 0.25) is 0 Å². The Morgan fingerprint density at radius 2 is 1.75 bits per heavy atom. The Hall–Kier alpha value is -1.81. The van der Waals surface area contributed by atoms with Gasteiger partial charge in [0.15, 0.2) is 0 Å². The second-order valence-corrected chi connectivity index (χ2v) is 4.52. The Bertz CT molecular complexity index is 576. The molecule has 0 aliphatic carbocycles. The number of nitrogens with one attached hydrogen (secondary N) is 1. The van der Waals surface area contributed by atoms with E-state index >= 15 is 0 Å². The van der Waals surface area contributed by atoms with Crippen LogP contribution in [0, 0.1) is 0 Å². The minimum atomic E-state index is -4.34. The van der Waals surface area contributed by atoms with Crippen molar-refractivity contribution in [3.05, 3.63) is 59.7 Å². The van der Waals surface area contributed by atoms with Crippen molar-refractivity contribution in [1.82, 2.24) is 5.32 Å². The molecule has 0 radical (unpaired) electrons. The summed E-state index contributed by atoms with van der Waals surface area (Å²) in [4.78, 5) is 0. The monoisotopic (exact) mass is 279 g/mol. The first-order valence-corrected chi connectivity index (χ1v) is 6.48. The SMILES string of the molecule is CCNCc1cccc(-c2ccccc2C(F)(F)F)c1. The van der Waals surface area contributed by atoms with Crippen LogP contribution in [-0.2, 0) is 12.7 Å². The van der Waals surface area contributed by atoms with Crippen molar-refractivity contribution in [2.45, 2.75) is 19.6 Å². The molecular weight excluding hydrogens is 263 g/mol. The summed E-state index contributed by atoms with van der Waals surface area (Å²) in [6, 6.07) is 12.9. The second kappa shape index (κ2) is 6.09. The van der Waals surface area contributed by atoms with Crippen LogP contribution < -0.4 is 5.32 Å². The van der Waals surface area contributed by atoms with Crippen LogP contribution in [0.5, 0.6) is 0 Å². The van der Waals surface area contributed by atoms with Gasteiger partial charge >= 0.3 is 6.18 Å². The molecule has 0 saturated carbocycles. The molecule has 0 aromatic heterocycles. The summed E-state index contributed by atoms with van der Waals surface area (Å²) in [6.07, 6.45) is -4.34. The Balaban J connectivity index is 2.42. The lowest BCUT2D eigenvalue weighted by molar-refractivity contribution is -0.137. The van der Waals surface area contributed by atoms with E-state index in [9.17, 15) is 13.2 Å². The van der Waals surface area contributed by atoms with Crippen LogP contribution in [0.15, 0.2) is 48.5 Å². The molecule has 0 heterocycles. The maximum absolute atomic E-state index is 13.0. The summed E-state index contributed by atoms with van der Waals surface area (Å²) in [6.45, 7) is 3.46. The third-order valence-corrected chi connectivity index (χ3v) is 3.05. The average molecular weight is 279 g/mol. The predicted octanol–water partition coefficient (Wildman–Crippen LogP) is 4.48. The van der Waals surface area contributed by atoms with E-state index in [0.717, 1.165) is 18.2 Å². The van der Waals surface area contributed by atoms with Gasteiger partial charge < -0.3 is 5.32 Å². The average Bonchev–Trinajstić information content (AvgIpc) is 2.44. The molecule has 0 unspecified atom stereocenters. The highest BCUT2D eigenvalue weighted by molar-refractivity contribution is 5.68. The molecule has 0 aliphatic rings. The number of hydrogen-bond acceptors (Lipinski definition) is 1. The minimum absolute atomic E-state index is 0.221. The number of benzene rings is 2. The van der Waals surface area contributed by atoms with E-state index in [1.54, 1.807) is 24.3 Å². The van der Waals surface area contributed by atoms with E-state index in [1.807, 2.05) is 13.0 Å². The number of halogens is 3. The molecule has 2 aromatic carbocycles. The number of hydrogen-bond donors (Lipinski definition) is 1. The molecule has 2 aromatic rings. The largest absolute Gasteiger partial charge is 0.417 e. The van der Waals surface area contributed by atoms with Gasteiger partial charge in [0.1, 0.15) is 0 Å². The maximum Gasteiger partial charge on any atom is 0.417 e. The summed E-state index contributed by atoms with van der Waals surface area (Å²) in [5, 5.41) is 3.17. The minimum Gasteiger partial charge on any atom is -0.313 e. The first kappa shape index (κ1) is 14.6. The molecule has 0 bridgehead atoms. The van der Waals surface area contributed by atoms with E-state index in [2.05, 4.69) is 5.32 Å². The van der Waals surface area contributed by atoms with Crippen molar-refractivity contribution < 1.29 is 13.2 Å². The van der Waals surface area contributed by atoms with E-state index in [4.69, 9.17) is 0 Å². The van der Waals surface area contributed by atoms with Crippen LogP contribution in [0.3, 0.4) is 0 Å². The topological polar surface area (TPSA) is 12.0 Å². The molecule has 0 atom stereocenters. The summed E-state index contributed by atoms with van der Waals surface area (Å²) in [5.41, 5.74) is 1.19. The highest BCUT2D eigenvalue weighted by atomic mass is 19.4. The van der Waals surface area contributed by atoms with Gasteiger partial charge in [0.05, 0.1) is 5.56 Å². The molecule has 2 rings (SSSR count). The molecule has 0 aliphatic heterocycles. The molecule has 4 heteroatoms. The van der Waals surface area contributed by atoms with Crippen LogP contribution in [0.25, 0.3) is 11.1 Å². The van der Waals surface area contributed by atoms with Crippen LogP contribution in [0.2, 0.25) is 0 Å². The fraction of sp³-hybridized carbons (Fsp3) is 0.250. The fourth-order valence-electron chi connectivity index (χ4n) is 2.10. The van der Waals surface area contributed by atoms with Gasteiger partial charge in [0, 0.05) is 6.54 Å². The molecule has 0 amide bonds. The predicted molar refractivity (Wildman–Crippen MR) is 74.3 cm³/mol. The second-order valence-electron chi connectivity index (χ2n) is 4.52. The van der Waals surface area contributed by atoms with E-state index in [1.165, 1.54) is 12.1 Å². The Morgan fingerprint density at radius 1 is 1.00 bits per heavy atom. The van der Waals surface area contributed by atoms with Gasteiger partial charge in [0.25, 0.3) is 0 Å². The van der Waals surface area contributed by atoms with E-state index < -0.39 is 11.7 Å². The summed E-state index contributed by atoms with van der Waals surface area (Å²) >= 11 is 0. The molecule has 0 fully saturated rings. The third-order valence-electron chi connectivity index (χ3n) is 3.05. The van der Waals surface area contributed by atoms with Crippen molar-refractivity contribution in [3.8, 4) is 11.1 Å². The molecule has 1 N–H and O–H groups in total. The lowest BCUT2D eigenvalue weighted by atomic mass is 9.98. The highest BCUT2D eigenvalue weighted by Crippen LogP contribution is 2.36. The lowest BCUT2D eigenvalue weighted by Gasteiger charge is -2.13. The zero-order valence-corrected chi connectivity index (χ0v) is 11.2. The van der Waals surface area contributed by atoms with Crippen molar-refractivity contribution >= 4 is 0 Å². The Labute approximate surface area is 116 Å². The van der Waals surface area contributed by atoms with Crippen molar-refractivity contribution in [2.24, 2.45) is 0 Å². The van der Waals surface area contributed by atoms with Crippen molar-refractivity contribution in [1.29, 1.82) is 0 Å². The van der Waals surface area contributed by atoms with Crippen LogP contribution in [-0.4, -0.2) is 6.54 Å². The van der Waals surface area contributed by atoms with Gasteiger partial charge in [-0.15, -0.1) is 0 Å². The smallest absolute Gasteiger partial charge is 0.313 e. The van der Waals surface area contributed by atoms with Gasteiger partial charge in [-0.1, -0.05) is 43.3 Å². The number of rotatable bonds is 4. The molecule has 20 heavy (non-hydrogen) atoms. The summed E-state index contributed by atoms with van der Waals surface area (Å²) < 4.78 is 39.1. The first-order valence-electron chi connectivity index (χ1n) is 6.48. The van der Waals surface area contributed by atoms with Crippen LogP contribution >= 0.6 is 0 Å². The van der Waals surface area contributed by atoms with Gasteiger partial charge in [-0.2, -0.15) is 13.2 Å². The molecule has 106 valence electrons. The van der Waals surface area contributed by atoms with Crippen LogP contribution in [0.1, 0.15) is 18.1 Å². The van der Waals surface area contributed by atoms with Crippen molar-refractivity contribution in [3.63, 3.8) is 0 Å². The Morgan fingerprint density at radius 3 is 2.45 bits per heavy atom. The summed E-state index contributed by atoms with van der Waals surface area (Å²) in [7, 11) is 0. The third kappa shape index (κ3) is 3.39. The molecule has 0 saturated heterocycles. The molecule has 1 nitrogen and oxygen atoms in total. The molecular formula is C16H16F3N. The highest BCUT2D eigenvalue weighted by Gasteiger charge is 2.33. The first-order chi connectivity index (χ1) is 9.52. The normalized spacial score (nSPS) is 11.6. The standard InChI is InChI=1S/C16H16F3N/c1-2-20-11-12-6-5-7-13(10-12)14-8-3-4-9-15(14)16(17,18)19/h3-10,20H,2,11H2,1H3. The van der Waals surface area contributed by atoms with Crippen molar-refractivity contribution in [2.75, 3.05) is 6.54 Å². The zero-order chi connectivity index (χ0) is 14.6. The maximum atomic E-state index is 13.0. The quantitative estimate of drug-likeness (QED) is 0.870. The van der Waals surface area contributed by atoms with Gasteiger partial charge in [-0.05, 0) is 35.4 Å². The van der Waals surface area contributed by atoms with E-state index in [0.29, 0.717) is 12.1 Å². The van der Waals surface area contributed by atoms with Crippen LogP contribution in [0.4, 0.5) is 13.2 Å². The number of alkyl halides is 3. The van der Waals surface area contributed by atoms with Gasteiger partial charge in [-0.3, -0.25) is 0 Å². The van der Waals surface area contributed by atoms with Gasteiger partial charge in [-0.25, -0.2) is 0 Å². The van der Waals surface area contributed by atoms with E-state index in [-0.39, 0.29) is 5.56 Å². The Kier molecular flexibility index (Phi) is 4.45. The lowest BCUT2D eigenvalue weighted by Crippen LogP contribution is -2.11. The zero-order valence-electron chi connectivity index (χ0n) is 11.2. The fourth-order valence-corrected chi connectivity index (χ4v) is 2.10. The molecule has 0 spiro atoms.